The maximum Gasteiger partial charge on any atom is 0.243 e. The summed E-state index contributed by atoms with van der Waals surface area (Å²) in [5.74, 6) is 0. The van der Waals surface area contributed by atoms with Gasteiger partial charge in [-0.15, -0.1) is 0 Å². The van der Waals surface area contributed by atoms with Gasteiger partial charge < -0.3 is 5.73 Å². The van der Waals surface area contributed by atoms with Crippen molar-refractivity contribution < 1.29 is 8.42 Å². The minimum Gasteiger partial charge on any atom is -0.327 e. The van der Waals surface area contributed by atoms with Crippen molar-refractivity contribution in [3.63, 3.8) is 0 Å². The molecule has 0 spiro atoms. The van der Waals surface area contributed by atoms with Gasteiger partial charge in [0.25, 0.3) is 0 Å². The molecule has 6 nitrogen and oxygen atoms in total. The molecule has 2 atom stereocenters. The number of nitrogens with one attached hydrogen (secondary N) is 2. The van der Waals surface area contributed by atoms with Crippen LogP contribution in [0.1, 0.15) is 20.3 Å². The van der Waals surface area contributed by atoms with Gasteiger partial charge in [-0.05, 0) is 11.8 Å². The lowest BCUT2D eigenvalue weighted by Gasteiger charge is -2.50. The van der Waals surface area contributed by atoms with Crippen molar-refractivity contribution >= 4 is 10.0 Å². The van der Waals surface area contributed by atoms with Gasteiger partial charge in [0.2, 0.25) is 10.0 Å². The van der Waals surface area contributed by atoms with Crippen molar-refractivity contribution in [3.05, 3.63) is 12.4 Å². The van der Waals surface area contributed by atoms with Crippen molar-refractivity contribution in [3.8, 4) is 0 Å². The summed E-state index contributed by atoms with van der Waals surface area (Å²) in [4.78, 5) is 0.156. The molecular formula is C9H16N4O2S. The van der Waals surface area contributed by atoms with E-state index < -0.39 is 10.0 Å². The van der Waals surface area contributed by atoms with Crippen LogP contribution in [0.2, 0.25) is 0 Å². The number of sulfonamides is 1. The summed E-state index contributed by atoms with van der Waals surface area (Å²) in [6.45, 7) is 3.92. The highest BCUT2D eigenvalue weighted by Gasteiger charge is 2.47. The van der Waals surface area contributed by atoms with Gasteiger partial charge >= 0.3 is 0 Å². The van der Waals surface area contributed by atoms with E-state index in [4.69, 9.17) is 5.73 Å². The van der Waals surface area contributed by atoms with Crippen LogP contribution in [0.4, 0.5) is 0 Å². The highest BCUT2D eigenvalue weighted by molar-refractivity contribution is 7.89. The van der Waals surface area contributed by atoms with Crippen molar-refractivity contribution in [2.45, 2.75) is 37.2 Å². The number of aromatic nitrogens is 2. The summed E-state index contributed by atoms with van der Waals surface area (Å²) < 4.78 is 26.4. The topological polar surface area (TPSA) is 101 Å². The summed E-state index contributed by atoms with van der Waals surface area (Å²) in [5.41, 5.74) is 5.63. The third kappa shape index (κ3) is 1.74. The highest BCUT2D eigenvalue weighted by atomic mass is 32.2. The van der Waals surface area contributed by atoms with Gasteiger partial charge in [0.1, 0.15) is 4.90 Å². The van der Waals surface area contributed by atoms with Crippen LogP contribution in [-0.2, 0) is 10.0 Å². The Bertz CT molecular complexity index is 466. The van der Waals surface area contributed by atoms with E-state index in [1.807, 2.05) is 13.8 Å². The molecule has 0 aromatic carbocycles. The molecule has 1 aromatic rings. The van der Waals surface area contributed by atoms with E-state index in [1.54, 1.807) is 0 Å². The average Bonchev–Trinajstić information content (AvgIpc) is 2.70. The maximum absolute atomic E-state index is 11.9. The van der Waals surface area contributed by atoms with Gasteiger partial charge in [-0.25, -0.2) is 13.1 Å². The minimum absolute atomic E-state index is 0.0459. The quantitative estimate of drug-likeness (QED) is 0.686. The second-order valence-electron chi connectivity index (χ2n) is 4.77. The Kier molecular flexibility index (Phi) is 2.56. The molecule has 7 heteroatoms. The van der Waals surface area contributed by atoms with E-state index in [0.29, 0.717) is 6.42 Å². The Balaban J connectivity index is 2.12. The van der Waals surface area contributed by atoms with E-state index in [9.17, 15) is 8.42 Å². The van der Waals surface area contributed by atoms with E-state index in [2.05, 4.69) is 14.9 Å². The third-order valence-electron chi connectivity index (χ3n) is 3.42. The van der Waals surface area contributed by atoms with Crippen LogP contribution < -0.4 is 10.5 Å². The number of nitrogens with two attached hydrogens (primary N) is 1. The van der Waals surface area contributed by atoms with Crippen molar-refractivity contribution in [2.75, 3.05) is 0 Å². The molecule has 2 rings (SSSR count). The van der Waals surface area contributed by atoms with Gasteiger partial charge in [0.15, 0.2) is 0 Å². The van der Waals surface area contributed by atoms with Gasteiger partial charge in [0.05, 0.1) is 6.20 Å². The number of rotatable bonds is 3. The monoisotopic (exact) mass is 244 g/mol. The summed E-state index contributed by atoms with van der Waals surface area (Å²) in [5, 5.41) is 6.10. The fourth-order valence-corrected chi connectivity index (χ4v) is 3.11. The van der Waals surface area contributed by atoms with Crippen LogP contribution in [0.5, 0.6) is 0 Å². The van der Waals surface area contributed by atoms with Crippen molar-refractivity contribution in [2.24, 2.45) is 11.1 Å². The van der Waals surface area contributed by atoms with E-state index >= 15 is 0 Å². The van der Waals surface area contributed by atoms with Crippen LogP contribution >= 0.6 is 0 Å². The Morgan fingerprint density at radius 3 is 2.75 bits per heavy atom. The molecule has 0 bridgehead atoms. The number of nitrogens with zero attached hydrogens (tertiary/aromatic N) is 1. The lowest BCUT2D eigenvalue weighted by Crippen LogP contribution is -2.64. The van der Waals surface area contributed by atoms with Crippen LogP contribution in [0, 0.1) is 5.41 Å². The molecule has 0 radical (unpaired) electrons. The zero-order chi connectivity index (χ0) is 12.0. The lowest BCUT2D eigenvalue weighted by atomic mass is 9.64. The average molecular weight is 244 g/mol. The Morgan fingerprint density at radius 1 is 1.62 bits per heavy atom. The molecule has 16 heavy (non-hydrogen) atoms. The number of aromatic amines is 1. The summed E-state index contributed by atoms with van der Waals surface area (Å²) in [6, 6.07) is -0.0630. The zero-order valence-electron chi connectivity index (χ0n) is 9.27. The summed E-state index contributed by atoms with van der Waals surface area (Å²) >= 11 is 0. The largest absolute Gasteiger partial charge is 0.327 e. The first-order chi connectivity index (χ1) is 7.34. The maximum atomic E-state index is 11.9. The first-order valence-corrected chi connectivity index (χ1v) is 6.59. The molecule has 90 valence electrons. The minimum atomic E-state index is -3.47. The molecule has 1 aliphatic carbocycles. The Hall–Kier alpha value is -0.920. The van der Waals surface area contributed by atoms with Gasteiger partial charge in [-0.3, -0.25) is 5.10 Å². The van der Waals surface area contributed by atoms with Crippen LogP contribution in [-0.4, -0.2) is 30.7 Å². The molecule has 2 unspecified atom stereocenters. The van der Waals surface area contributed by atoms with E-state index in [1.165, 1.54) is 12.4 Å². The molecule has 0 aliphatic heterocycles. The molecule has 0 saturated heterocycles. The number of H-pyrrole nitrogens is 1. The second-order valence-corrected chi connectivity index (χ2v) is 6.49. The predicted molar refractivity (Wildman–Crippen MR) is 59.1 cm³/mol. The standard InChI is InChI=1S/C9H16N4O2S/c1-9(2)7(10)3-8(9)13-16(14,15)6-4-11-12-5-6/h4-5,7-8,13H,3,10H2,1-2H3,(H,11,12). The normalized spacial score (nSPS) is 28.7. The molecule has 4 N–H and O–H groups in total. The van der Waals surface area contributed by atoms with Crippen LogP contribution in [0.3, 0.4) is 0 Å². The van der Waals surface area contributed by atoms with Gasteiger partial charge in [-0.2, -0.15) is 5.10 Å². The first kappa shape index (κ1) is 11.6. The highest BCUT2D eigenvalue weighted by Crippen LogP contribution is 2.39. The molecule has 1 heterocycles. The molecule has 1 aliphatic rings. The molecule has 1 aromatic heterocycles. The van der Waals surface area contributed by atoms with Crippen molar-refractivity contribution in [1.29, 1.82) is 0 Å². The fourth-order valence-electron chi connectivity index (χ4n) is 1.80. The molecule has 1 saturated carbocycles. The van der Waals surface area contributed by atoms with Crippen LogP contribution in [0.25, 0.3) is 0 Å². The van der Waals surface area contributed by atoms with E-state index in [0.717, 1.165) is 0 Å². The second kappa shape index (κ2) is 3.54. The third-order valence-corrected chi connectivity index (χ3v) is 4.86. The fraction of sp³-hybridized carbons (Fsp3) is 0.667. The summed E-state index contributed by atoms with van der Waals surface area (Å²) in [6.07, 6.45) is 3.31. The number of hydrogen-bond donors (Lipinski definition) is 3. The first-order valence-electron chi connectivity index (χ1n) is 5.11. The van der Waals surface area contributed by atoms with E-state index in [-0.39, 0.29) is 22.4 Å². The van der Waals surface area contributed by atoms with Gasteiger partial charge in [0, 0.05) is 18.3 Å². The predicted octanol–water partition coefficient (Wildman–Crippen LogP) is -0.186. The van der Waals surface area contributed by atoms with Crippen molar-refractivity contribution in [1.82, 2.24) is 14.9 Å². The Labute approximate surface area is 94.7 Å². The summed E-state index contributed by atoms with van der Waals surface area (Å²) in [7, 11) is -3.47. The SMILES string of the molecule is CC1(C)C(N)CC1NS(=O)(=O)c1cn[nH]c1. The lowest BCUT2D eigenvalue weighted by molar-refractivity contribution is 0.0903. The molecular weight excluding hydrogens is 228 g/mol. The van der Waals surface area contributed by atoms with Crippen LogP contribution in [0.15, 0.2) is 17.3 Å². The molecule has 1 fully saturated rings. The molecule has 0 amide bonds. The zero-order valence-corrected chi connectivity index (χ0v) is 10.1. The Morgan fingerprint density at radius 2 is 2.31 bits per heavy atom. The van der Waals surface area contributed by atoms with Gasteiger partial charge in [-0.1, -0.05) is 13.8 Å². The smallest absolute Gasteiger partial charge is 0.243 e. The number of hydrogen-bond acceptors (Lipinski definition) is 4.